The van der Waals surface area contributed by atoms with Gasteiger partial charge in [0.1, 0.15) is 24.4 Å². The molecule has 2 aliphatic heterocycles. The normalized spacial score (nSPS) is 40.0. The molecule has 2 fully saturated rings. The van der Waals surface area contributed by atoms with Gasteiger partial charge in [0.15, 0.2) is 11.6 Å². The molecule has 2 aliphatic rings. The Labute approximate surface area is 107 Å². The standard InChI is InChI=1S/C12H22O6/c1-11(2)15-6-8(16-11)10-9(7(14)5-13)17-12(3,4)18-10/h7-10,13-14H,5-6H2,1-4H3/t7-,8-,9+,10+/m1/s1. The van der Waals surface area contributed by atoms with E-state index in [1.807, 2.05) is 13.8 Å². The Morgan fingerprint density at radius 2 is 1.78 bits per heavy atom. The van der Waals surface area contributed by atoms with Crippen LogP contribution in [0.5, 0.6) is 0 Å². The summed E-state index contributed by atoms with van der Waals surface area (Å²) in [6, 6.07) is 0. The number of rotatable bonds is 3. The van der Waals surface area contributed by atoms with Crippen molar-refractivity contribution in [1.29, 1.82) is 0 Å². The number of aliphatic hydroxyl groups excluding tert-OH is 2. The molecule has 0 saturated carbocycles. The van der Waals surface area contributed by atoms with Crippen LogP contribution in [0.2, 0.25) is 0 Å². The summed E-state index contributed by atoms with van der Waals surface area (Å²) in [6.07, 6.45) is -2.38. The van der Waals surface area contributed by atoms with Crippen LogP contribution < -0.4 is 0 Å². The lowest BCUT2D eigenvalue weighted by Crippen LogP contribution is -2.45. The van der Waals surface area contributed by atoms with Crippen LogP contribution in [0.1, 0.15) is 27.7 Å². The third-order valence-corrected chi connectivity index (χ3v) is 3.13. The molecule has 2 heterocycles. The van der Waals surface area contributed by atoms with Gasteiger partial charge in [-0.25, -0.2) is 0 Å². The molecule has 0 aromatic carbocycles. The Balaban J connectivity index is 2.10. The van der Waals surface area contributed by atoms with Gasteiger partial charge in [-0.1, -0.05) is 0 Å². The van der Waals surface area contributed by atoms with Crippen LogP contribution in [0.15, 0.2) is 0 Å². The maximum absolute atomic E-state index is 9.80. The SMILES string of the molecule is CC1(C)O[C@@H]([C@H](O)CO)[C@H]([C@H]2COC(C)(C)O2)O1. The number of hydrogen-bond acceptors (Lipinski definition) is 6. The largest absolute Gasteiger partial charge is 0.394 e. The molecule has 6 heteroatoms. The van der Waals surface area contributed by atoms with Crippen molar-refractivity contribution in [3.8, 4) is 0 Å². The summed E-state index contributed by atoms with van der Waals surface area (Å²) in [6.45, 7) is 7.19. The van der Waals surface area contributed by atoms with Crippen LogP contribution in [0.3, 0.4) is 0 Å². The number of hydrogen-bond donors (Lipinski definition) is 2. The fourth-order valence-electron chi connectivity index (χ4n) is 2.38. The first-order valence-electron chi connectivity index (χ1n) is 6.20. The maximum Gasteiger partial charge on any atom is 0.164 e. The van der Waals surface area contributed by atoms with E-state index in [4.69, 9.17) is 24.1 Å². The lowest BCUT2D eigenvalue weighted by Gasteiger charge is -2.25. The first-order chi connectivity index (χ1) is 8.24. The van der Waals surface area contributed by atoms with Crippen molar-refractivity contribution in [2.75, 3.05) is 13.2 Å². The zero-order valence-corrected chi connectivity index (χ0v) is 11.3. The molecule has 4 atom stereocenters. The molecule has 106 valence electrons. The topological polar surface area (TPSA) is 77.4 Å². The number of ether oxygens (including phenoxy) is 4. The summed E-state index contributed by atoms with van der Waals surface area (Å²) in [5, 5.41) is 18.9. The molecule has 0 aliphatic carbocycles. The Bertz CT molecular complexity index is 303. The second-order valence-electron chi connectivity index (χ2n) is 5.68. The third-order valence-electron chi connectivity index (χ3n) is 3.13. The molecular weight excluding hydrogens is 240 g/mol. The van der Waals surface area contributed by atoms with Crippen LogP contribution in [-0.2, 0) is 18.9 Å². The van der Waals surface area contributed by atoms with Gasteiger partial charge in [-0.15, -0.1) is 0 Å². The van der Waals surface area contributed by atoms with Crippen molar-refractivity contribution in [3.63, 3.8) is 0 Å². The highest BCUT2D eigenvalue weighted by molar-refractivity contribution is 4.93. The van der Waals surface area contributed by atoms with E-state index in [0.29, 0.717) is 6.61 Å². The Morgan fingerprint density at radius 1 is 1.11 bits per heavy atom. The van der Waals surface area contributed by atoms with E-state index >= 15 is 0 Å². The minimum atomic E-state index is -0.996. The van der Waals surface area contributed by atoms with Crippen LogP contribution in [0.25, 0.3) is 0 Å². The van der Waals surface area contributed by atoms with Crippen molar-refractivity contribution >= 4 is 0 Å². The Morgan fingerprint density at radius 3 is 2.28 bits per heavy atom. The van der Waals surface area contributed by atoms with E-state index in [2.05, 4.69) is 0 Å². The molecule has 6 nitrogen and oxygen atoms in total. The maximum atomic E-state index is 9.80. The molecule has 0 aromatic heterocycles. The average Bonchev–Trinajstić information content (AvgIpc) is 2.77. The molecule has 18 heavy (non-hydrogen) atoms. The lowest BCUT2D eigenvalue weighted by atomic mass is 10.0. The van der Waals surface area contributed by atoms with Crippen LogP contribution in [0, 0.1) is 0 Å². The second kappa shape index (κ2) is 4.70. The van der Waals surface area contributed by atoms with Crippen molar-refractivity contribution in [3.05, 3.63) is 0 Å². The molecule has 0 amide bonds. The molecule has 2 saturated heterocycles. The smallest absolute Gasteiger partial charge is 0.164 e. The van der Waals surface area contributed by atoms with Crippen molar-refractivity contribution < 1.29 is 29.2 Å². The lowest BCUT2D eigenvalue weighted by molar-refractivity contribution is -0.175. The molecule has 2 rings (SSSR count). The predicted molar refractivity (Wildman–Crippen MR) is 61.8 cm³/mol. The van der Waals surface area contributed by atoms with Crippen LogP contribution in [0.4, 0.5) is 0 Å². The summed E-state index contributed by atoms with van der Waals surface area (Å²) in [5.41, 5.74) is 0. The monoisotopic (exact) mass is 262 g/mol. The quantitative estimate of drug-likeness (QED) is 0.746. The molecule has 0 bridgehead atoms. The predicted octanol–water partition coefficient (Wildman–Crippen LogP) is 0.0112. The molecular formula is C12H22O6. The van der Waals surface area contributed by atoms with Crippen molar-refractivity contribution in [2.24, 2.45) is 0 Å². The summed E-state index contributed by atoms with van der Waals surface area (Å²) in [5.74, 6) is -1.46. The first-order valence-corrected chi connectivity index (χ1v) is 6.20. The van der Waals surface area contributed by atoms with E-state index < -0.39 is 29.9 Å². The van der Waals surface area contributed by atoms with Gasteiger partial charge in [0, 0.05) is 0 Å². The van der Waals surface area contributed by atoms with Gasteiger partial charge in [-0.3, -0.25) is 0 Å². The summed E-state index contributed by atoms with van der Waals surface area (Å²) in [7, 11) is 0. The minimum Gasteiger partial charge on any atom is -0.394 e. The number of aliphatic hydroxyl groups is 2. The van der Waals surface area contributed by atoms with Gasteiger partial charge in [-0.05, 0) is 27.7 Å². The molecule has 0 unspecified atom stereocenters. The van der Waals surface area contributed by atoms with Gasteiger partial charge >= 0.3 is 0 Å². The molecule has 0 spiro atoms. The van der Waals surface area contributed by atoms with E-state index in [-0.39, 0.29) is 12.7 Å². The van der Waals surface area contributed by atoms with Gasteiger partial charge in [-0.2, -0.15) is 0 Å². The molecule has 0 radical (unpaired) electrons. The van der Waals surface area contributed by atoms with E-state index in [1.54, 1.807) is 13.8 Å². The van der Waals surface area contributed by atoms with E-state index in [1.165, 1.54) is 0 Å². The minimum absolute atomic E-state index is 0.312. The molecule has 0 aromatic rings. The Kier molecular flexibility index (Phi) is 3.70. The van der Waals surface area contributed by atoms with Gasteiger partial charge in [0.25, 0.3) is 0 Å². The van der Waals surface area contributed by atoms with Crippen molar-refractivity contribution in [2.45, 2.75) is 63.7 Å². The first kappa shape index (κ1) is 14.2. The highest BCUT2D eigenvalue weighted by Gasteiger charge is 2.51. The Hall–Kier alpha value is -0.240. The fourth-order valence-corrected chi connectivity index (χ4v) is 2.38. The zero-order chi connectivity index (χ0) is 13.6. The highest BCUT2D eigenvalue weighted by Crippen LogP contribution is 2.36. The third kappa shape index (κ3) is 2.84. The fraction of sp³-hybridized carbons (Fsp3) is 1.00. The molecule has 2 N–H and O–H groups in total. The second-order valence-corrected chi connectivity index (χ2v) is 5.68. The summed E-state index contributed by atoms with van der Waals surface area (Å²) in [4.78, 5) is 0. The van der Waals surface area contributed by atoms with Gasteiger partial charge < -0.3 is 29.2 Å². The summed E-state index contributed by atoms with van der Waals surface area (Å²) >= 11 is 0. The van der Waals surface area contributed by atoms with E-state index in [0.717, 1.165) is 0 Å². The highest BCUT2D eigenvalue weighted by atomic mass is 16.8. The van der Waals surface area contributed by atoms with Gasteiger partial charge in [0.05, 0.1) is 13.2 Å². The average molecular weight is 262 g/mol. The van der Waals surface area contributed by atoms with E-state index in [9.17, 15) is 5.11 Å². The van der Waals surface area contributed by atoms with Crippen LogP contribution >= 0.6 is 0 Å². The summed E-state index contributed by atoms with van der Waals surface area (Å²) < 4.78 is 22.6. The van der Waals surface area contributed by atoms with Gasteiger partial charge in [0.2, 0.25) is 0 Å². The van der Waals surface area contributed by atoms with Crippen LogP contribution in [-0.4, -0.2) is 59.4 Å². The zero-order valence-electron chi connectivity index (χ0n) is 11.3. The van der Waals surface area contributed by atoms with Crippen molar-refractivity contribution in [1.82, 2.24) is 0 Å².